The van der Waals surface area contributed by atoms with Gasteiger partial charge in [-0.3, -0.25) is 0 Å². The summed E-state index contributed by atoms with van der Waals surface area (Å²) in [5.74, 6) is 0.929. The number of rotatable bonds is 8. The van der Waals surface area contributed by atoms with E-state index in [1.54, 1.807) is 0 Å². The van der Waals surface area contributed by atoms with E-state index >= 15 is 0 Å². The first-order valence-corrected chi connectivity index (χ1v) is 7.87. The zero-order valence-corrected chi connectivity index (χ0v) is 13.2. The van der Waals surface area contributed by atoms with Gasteiger partial charge in [0.25, 0.3) is 0 Å². The molecule has 0 aliphatic carbocycles. The molecule has 0 aliphatic rings. The number of hydrogen-bond acceptors (Lipinski definition) is 2. The van der Waals surface area contributed by atoms with Crippen LogP contribution in [0, 0.1) is 0 Å². The van der Waals surface area contributed by atoms with Gasteiger partial charge in [0.1, 0.15) is 5.75 Å². The number of anilines is 1. The van der Waals surface area contributed by atoms with E-state index in [9.17, 15) is 0 Å². The zero-order valence-electron chi connectivity index (χ0n) is 12.4. The van der Waals surface area contributed by atoms with E-state index in [1.165, 1.54) is 5.56 Å². The predicted molar refractivity (Wildman–Crippen MR) is 90.5 cm³/mol. The number of aryl methyl sites for hydroxylation is 1. The van der Waals surface area contributed by atoms with Crippen LogP contribution in [0.3, 0.4) is 0 Å². The van der Waals surface area contributed by atoms with Crippen molar-refractivity contribution in [3.05, 3.63) is 59.1 Å². The molecule has 0 heterocycles. The van der Waals surface area contributed by atoms with Gasteiger partial charge in [-0.15, -0.1) is 0 Å². The van der Waals surface area contributed by atoms with Gasteiger partial charge in [0, 0.05) is 17.3 Å². The van der Waals surface area contributed by atoms with Gasteiger partial charge in [0.05, 0.1) is 6.61 Å². The van der Waals surface area contributed by atoms with E-state index in [-0.39, 0.29) is 0 Å². The molecule has 112 valence electrons. The molecule has 0 radical (unpaired) electrons. The fourth-order valence-corrected chi connectivity index (χ4v) is 2.33. The van der Waals surface area contributed by atoms with Crippen molar-refractivity contribution in [2.45, 2.75) is 26.2 Å². The van der Waals surface area contributed by atoms with E-state index in [0.29, 0.717) is 0 Å². The van der Waals surface area contributed by atoms with Crippen LogP contribution in [0.2, 0.25) is 5.02 Å². The SMILES string of the molecule is CCCOc1ccc(NCCCc2ccccc2Cl)cc1. The van der Waals surface area contributed by atoms with Gasteiger partial charge in [0.15, 0.2) is 0 Å². The van der Waals surface area contributed by atoms with Crippen LogP contribution in [0.4, 0.5) is 5.69 Å². The van der Waals surface area contributed by atoms with Crippen LogP contribution < -0.4 is 10.1 Å². The second-order valence-electron chi connectivity index (χ2n) is 4.99. The first-order chi connectivity index (χ1) is 10.3. The summed E-state index contributed by atoms with van der Waals surface area (Å²) in [6.07, 6.45) is 3.07. The number of hydrogen-bond donors (Lipinski definition) is 1. The van der Waals surface area contributed by atoms with Gasteiger partial charge >= 0.3 is 0 Å². The summed E-state index contributed by atoms with van der Waals surface area (Å²) >= 11 is 6.14. The summed E-state index contributed by atoms with van der Waals surface area (Å²) in [6.45, 7) is 3.81. The Morgan fingerprint density at radius 1 is 1.05 bits per heavy atom. The first-order valence-electron chi connectivity index (χ1n) is 7.49. The molecule has 2 rings (SSSR count). The Balaban J connectivity index is 1.72. The Bertz CT molecular complexity index is 539. The van der Waals surface area contributed by atoms with Crippen LogP contribution >= 0.6 is 11.6 Å². The van der Waals surface area contributed by atoms with Crippen LogP contribution in [-0.4, -0.2) is 13.2 Å². The van der Waals surface area contributed by atoms with Crippen LogP contribution in [-0.2, 0) is 6.42 Å². The molecule has 0 bridgehead atoms. The Kier molecular flexibility index (Phi) is 6.42. The molecule has 2 aromatic rings. The van der Waals surface area contributed by atoms with Gasteiger partial charge in [-0.1, -0.05) is 36.7 Å². The van der Waals surface area contributed by atoms with Crippen molar-refractivity contribution in [2.24, 2.45) is 0 Å². The predicted octanol–water partition coefficient (Wildman–Crippen LogP) is 5.17. The normalized spacial score (nSPS) is 10.4. The Hall–Kier alpha value is -1.67. The molecule has 0 saturated heterocycles. The summed E-state index contributed by atoms with van der Waals surface area (Å²) in [6, 6.07) is 16.1. The minimum atomic E-state index is 0.768. The molecule has 0 saturated carbocycles. The second kappa shape index (κ2) is 8.58. The molecule has 0 unspecified atom stereocenters. The molecule has 0 aliphatic heterocycles. The van der Waals surface area contributed by atoms with Crippen LogP contribution in [0.1, 0.15) is 25.3 Å². The number of nitrogens with one attached hydrogen (secondary N) is 1. The molecule has 0 spiro atoms. The molecule has 0 atom stereocenters. The summed E-state index contributed by atoms with van der Waals surface area (Å²) in [5, 5.41) is 4.28. The van der Waals surface area contributed by atoms with Crippen molar-refractivity contribution in [1.29, 1.82) is 0 Å². The lowest BCUT2D eigenvalue weighted by molar-refractivity contribution is 0.317. The lowest BCUT2D eigenvalue weighted by Crippen LogP contribution is -2.03. The Morgan fingerprint density at radius 3 is 2.52 bits per heavy atom. The third-order valence-corrected chi connectivity index (χ3v) is 3.61. The molecule has 0 aromatic heterocycles. The third-order valence-electron chi connectivity index (χ3n) is 3.24. The molecule has 2 nitrogen and oxygen atoms in total. The van der Waals surface area contributed by atoms with Crippen molar-refractivity contribution in [3.63, 3.8) is 0 Å². The van der Waals surface area contributed by atoms with E-state index < -0.39 is 0 Å². The van der Waals surface area contributed by atoms with Crippen molar-refractivity contribution in [1.82, 2.24) is 0 Å². The summed E-state index contributed by atoms with van der Waals surface area (Å²) < 4.78 is 5.56. The van der Waals surface area contributed by atoms with Crippen molar-refractivity contribution >= 4 is 17.3 Å². The molecule has 0 fully saturated rings. The maximum Gasteiger partial charge on any atom is 0.119 e. The van der Waals surface area contributed by atoms with E-state index in [1.807, 2.05) is 30.3 Å². The van der Waals surface area contributed by atoms with Crippen molar-refractivity contribution < 1.29 is 4.74 Å². The number of halogens is 1. The maximum absolute atomic E-state index is 6.14. The fraction of sp³-hybridized carbons (Fsp3) is 0.333. The van der Waals surface area contributed by atoms with Crippen molar-refractivity contribution in [2.75, 3.05) is 18.5 Å². The quantitative estimate of drug-likeness (QED) is 0.679. The highest BCUT2D eigenvalue weighted by atomic mass is 35.5. The zero-order chi connectivity index (χ0) is 14.9. The highest BCUT2D eigenvalue weighted by Gasteiger charge is 1.99. The van der Waals surface area contributed by atoms with Crippen LogP contribution in [0.25, 0.3) is 0 Å². The molecule has 2 aromatic carbocycles. The standard InChI is InChI=1S/C18H22ClNO/c1-2-14-21-17-11-9-16(10-12-17)20-13-5-7-15-6-3-4-8-18(15)19/h3-4,6,8-12,20H,2,5,7,13-14H2,1H3. The minimum Gasteiger partial charge on any atom is -0.494 e. The molecule has 1 N–H and O–H groups in total. The Labute approximate surface area is 132 Å². The van der Waals surface area contributed by atoms with Gasteiger partial charge in [0.2, 0.25) is 0 Å². The average molecular weight is 304 g/mol. The van der Waals surface area contributed by atoms with E-state index in [4.69, 9.17) is 16.3 Å². The molecular weight excluding hydrogens is 282 g/mol. The molecule has 3 heteroatoms. The summed E-state index contributed by atoms with van der Waals surface area (Å²) in [5.41, 5.74) is 2.34. The van der Waals surface area contributed by atoms with Gasteiger partial charge in [-0.05, 0) is 55.2 Å². The molecular formula is C18H22ClNO. The largest absolute Gasteiger partial charge is 0.494 e. The van der Waals surface area contributed by atoms with Gasteiger partial charge < -0.3 is 10.1 Å². The highest BCUT2D eigenvalue weighted by molar-refractivity contribution is 6.31. The number of ether oxygens (including phenoxy) is 1. The monoisotopic (exact) mass is 303 g/mol. The smallest absolute Gasteiger partial charge is 0.119 e. The minimum absolute atomic E-state index is 0.768. The van der Waals surface area contributed by atoms with Crippen molar-refractivity contribution in [3.8, 4) is 5.75 Å². The maximum atomic E-state index is 6.14. The third kappa shape index (κ3) is 5.31. The Morgan fingerprint density at radius 2 is 1.81 bits per heavy atom. The average Bonchev–Trinajstić information content (AvgIpc) is 2.52. The van der Waals surface area contributed by atoms with Crippen LogP contribution in [0.5, 0.6) is 5.75 Å². The molecule has 21 heavy (non-hydrogen) atoms. The highest BCUT2D eigenvalue weighted by Crippen LogP contribution is 2.18. The first kappa shape index (κ1) is 15.7. The number of benzene rings is 2. The van der Waals surface area contributed by atoms with E-state index in [2.05, 4.69) is 30.4 Å². The summed E-state index contributed by atoms with van der Waals surface area (Å²) in [4.78, 5) is 0. The fourth-order valence-electron chi connectivity index (χ4n) is 2.10. The van der Waals surface area contributed by atoms with Gasteiger partial charge in [-0.25, -0.2) is 0 Å². The summed E-state index contributed by atoms with van der Waals surface area (Å²) in [7, 11) is 0. The lowest BCUT2D eigenvalue weighted by atomic mass is 10.1. The molecule has 0 amide bonds. The van der Waals surface area contributed by atoms with E-state index in [0.717, 1.165) is 48.9 Å². The topological polar surface area (TPSA) is 21.3 Å². The van der Waals surface area contributed by atoms with Gasteiger partial charge in [-0.2, -0.15) is 0 Å². The lowest BCUT2D eigenvalue weighted by Gasteiger charge is -2.09. The second-order valence-corrected chi connectivity index (χ2v) is 5.40. The van der Waals surface area contributed by atoms with Crippen LogP contribution in [0.15, 0.2) is 48.5 Å².